The van der Waals surface area contributed by atoms with Crippen LogP contribution in [0.3, 0.4) is 0 Å². The van der Waals surface area contributed by atoms with Crippen molar-refractivity contribution in [3.8, 4) is 6.07 Å². The van der Waals surface area contributed by atoms with Gasteiger partial charge in [0.1, 0.15) is 19.7 Å². The van der Waals surface area contributed by atoms with E-state index in [2.05, 4.69) is 58.4 Å². The van der Waals surface area contributed by atoms with Crippen molar-refractivity contribution in [2.24, 2.45) is 5.41 Å². The Balaban J connectivity index is 1.68. The zero-order valence-corrected chi connectivity index (χ0v) is 24.4. The summed E-state index contributed by atoms with van der Waals surface area (Å²) in [6.45, 7) is 6.94. The molecule has 1 unspecified atom stereocenters. The van der Waals surface area contributed by atoms with E-state index < -0.39 is 5.44 Å². The van der Waals surface area contributed by atoms with Gasteiger partial charge in [-0.3, -0.25) is 14.8 Å². The molecule has 2 aromatic carbocycles. The number of carbonyl (C=O) groups is 1. The molecule has 2 aliphatic rings. The van der Waals surface area contributed by atoms with Crippen LogP contribution in [-0.4, -0.2) is 55.3 Å². The van der Waals surface area contributed by atoms with Crippen LogP contribution in [0.15, 0.2) is 54.5 Å². The van der Waals surface area contributed by atoms with Gasteiger partial charge in [0.2, 0.25) is 0 Å². The summed E-state index contributed by atoms with van der Waals surface area (Å²) in [6, 6.07) is 12.8. The van der Waals surface area contributed by atoms with Crippen molar-refractivity contribution < 1.29 is 9.18 Å². The molecule has 5 rings (SSSR count). The van der Waals surface area contributed by atoms with Crippen molar-refractivity contribution in [3.63, 3.8) is 0 Å². The molecule has 0 radical (unpaired) electrons. The highest BCUT2D eigenvalue weighted by molar-refractivity contribution is 6.20. The molecule has 9 nitrogen and oxygen atoms in total. The number of amides is 1. The largest absolute Gasteiger partial charge is 0.383 e. The average molecular weight is 554 g/mol. The van der Waals surface area contributed by atoms with Gasteiger partial charge >= 0.3 is 0 Å². The summed E-state index contributed by atoms with van der Waals surface area (Å²) in [5.41, 5.74) is 9.90. The van der Waals surface area contributed by atoms with Gasteiger partial charge < -0.3 is 21.0 Å². The van der Waals surface area contributed by atoms with Gasteiger partial charge in [-0.25, -0.2) is 4.39 Å². The third kappa shape index (κ3) is 5.79. The third-order valence-electron chi connectivity index (χ3n) is 7.41. The van der Waals surface area contributed by atoms with E-state index in [1.54, 1.807) is 32.3 Å². The number of anilines is 2. The van der Waals surface area contributed by atoms with Crippen molar-refractivity contribution in [2.45, 2.75) is 45.1 Å². The Hall–Kier alpha value is -4.30. The van der Waals surface area contributed by atoms with Crippen molar-refractivity contribution in [1.29, 1.82) is 5.26 Å². The number of nitriles is 1. The highest BCUT2D eigenvalue weighted by atomic mass is 19.1. The summed E-state index contributed by atoms with van der Waals surface area (Å²) in [7, 11) is 5.41. The first kappa shape index (κ1) is 28.2. The summed E-state index contributed by atoms with van der Waals surface area (Å²) in [5.74, 6) is -0.530. The molecule has 0 saturated heterocycles. The van der Waals surface area contributed by atoms with E-state index in [0.717, 1.165) is 24.1 Å². The second-order valence-electron chi connectivity index (χ2n) is 12.4. The van der Waals surface area contributed by atoms with Crippen molar-refractivity contribution in [2.75, 3.05) is 31.3 Å². The maximum absolute atomic E-state index is 14.0. The lowest BCUT2D eigenvalue weighted by molar-refractivity contribution is 0.0829. The Morgan fingerprint density at radius 3 is 2.56 bits per heavy atom. The summed E-state index contributed by atoms with van der Waals surface area (Å²) < 4.78 is 14.0. The molecule has 212 valence electrons. The van der Waals surface area contributed by atoms with Gasteiger partial charge in [-0.15, -0.1) is 5.53 Å². The minimum atomic E-state index is -0.838. The van der Waals surface area contributed by atoms with Gasteiger partial charge in [-0.1, -0.05) is 32.9 Å². The molecule has 1 atom stereocenters. The minimum absolute atomic E-state index is 0.0529. The molecule has 0 spiro atoms. The second kappa shape index (κ2) is 10.6. The fourth-order valence-corrected chi connectivity index (χ4v) is 4.91. The number of hydrogen-bond acceptors (Lipinski definition) is 8. The molecule has 1 fully saturated rings. The fraction of sp³-hybridized carbons (Fsp3) is 0.367. The smallest absolute Gasteiger partial charge is 0.255 e. The van der Waals surface area contributed by atoms with Crippen LogP contribution in [0.2, 0.25) is 0 Å². The number of aromatic nitrogens is 1. The van der Waals surface area contributed by atoms with E-state index in [4.69, 9.17) is 0 Å². The number of benzene rings is 2. The zero-order chi connectivity index (χ0) is 29.5. The number of hydrazine groups is 2. The number of halogens is 1. The van der Waals surface area contributed by atoms with Gasteiger partial charge in [0, 0.05) is 50.2 Å². The number of nitrogens with zero attached hydrogens (tertiary/aromatic N) is 4. The van der Waals surface area contributed by atoms with Gasteiger partial charge in [0.25, 0.3) is 5.91 Å². The van der Waals surface area contributed by atoms with E-state index in [1.165, 1.54) is 23.2 Å². The van der Waals surface area contributed by atoms with E-state index in [0.29, 0.717) is 46.0 Å². The van der Waals surface area contributed by atoms with Gasteiger partial charge in [-0.05, 0) is 48.1 Å². The molecular weight excluding hydrogens is 518 g/mol. The number of carbonyl (C=O) groups excluding carboxylic acids is 1. The van der Waals surface area contributed by atoms with Gasteiger partial charge in [0.15, 0.2) is 0 Å². The fourth-order valence-electron chi connectivity index (χ4n) is 4.91. The normalized spacial score (nSPS) is 16.4. The number of fused-ring (bicyclic) bond motifs is 1. The van der Waals surface area contributed by atoms with Crippen LogP contribution in [0.25, 0.3) is 10.9 Å². The van der Waals surface area contributed by atoms with Crippen LogP contribution < -0.4 is 21.6 Å². The maximum atomic E-state index is 14.0. The lowest BCUT2D eigenvalue weighted by Crippen LogP contribution is -2.45. The van der Waals surface area contributed by atoms with Crippen LogP contribution in [0.4, 0.5) is 15.8 Å². The molecule has 41 heavy (non-hydrogen) atoms. The first-order valence-corrected chi connectivity index (χ1v) is 13.8. The van der Waals surface area contributed by atoms with Crippen LogP contribution in [-0.2, 0) is 5.44 Å². The Bertz CT molecular complexity index is 1560. The Morgan fingerprint density at radius 2 is 1.95 bits per heavy atom. The van der Waals surface area contributed by atoms with Crippen LogP contribution in [0, 0.1) is 22.6 Å². The number of pyridine rings is 1. The summed E-state index contributed by atoms with van der Waals surface area (Å²) >= 11 is 0. The first-order valence-electron chi connectivity index (χ1n) is 13.8. The SMILES string of the molecule is BC(Nc1cc(C(=O)N(C)C)c2ncc(C#N)c(NCC(C)(C)C)c2c1)(C1=CN(C2CC2)NN1)c1ccc(F)cc1. The maximum Gasteiger partial charge on any atom is 0.255 e. The lowest BCUT2D eigenvalue weighted by Gasteiger charge is -2.34. The average Bonchev–Trinajstić information content (AvgIpc) is 3.65. The molecule has 4 N–H and O–H groups in total. The molecule has 3 aromatic rings. The molecule has 1 aliphatic carbocycles. The Morgan fingerprint density at radius 1 is 1.24 bits per heavy atom. The highest BCUT2D eigenvalue weighted by Crippen LogP contribution is 2.37. The van der Waals surface area contributed by atoms with E-state index in [9.17, 15) is 14.4 Å². The molecule has 1 saturated carbocycles. The van der Waals surface area contributed by atoms with Crippen molar-refractivity contribution in [3.05, 3.63) is 77.0 Å². The lowest BCUT2D eigenvalue weighted by atomic mass is 9.69. The summed E-state index contributed by atoms with van der Waals surface area (Å²) in [4.78, 5) is 19.5. The predicted molar refractivity (Wildman–Crippen MR) is 162 cm³/mol. The Kier molecular flexibility index (Phi) is 7.30. The van der Waals surface area contributed by atoms with Crippen LogP contribution in [0.1, 0.15) is 55.1 Å². The number of rotatable bonds is 8. The van der Waals surface area contributed by atoms with Crippen LogP contribution in [0.5, 0.6) is 0 Å². The molecule has 1 aliphatic heterocycles. The molecule has 0 bridgehead atoms. The minimum Gasteiger partial charge on any atom is -0.383 e. The van der Waals surface area contributed by atoms with Gasteiger partial charge in [0.05, 0.1) is 33.5 Å². The summed E-state index contributed by atoms with van der Waals surface area (Å²) in [5, 5.41) is 19.8. The predicted octanol–water partition coefficient (Wildman–Crippen LogP) is 3.63. The zero-order valence-electron chi connectivity index (χ0n) is 24.4. The monoisotopic (exact) mass is 554 g/mol. The number of hydrogen-bond donors (Lipinski definition) is 4. The quantitative estimate of drug-likeness (QED) is 0.313. The molecular formula is C30H36BFN8O. The molecule has 11 heteroatoms. The third-order valence-corrected chi connectivity index (χ3v) is 7.41. The van der Waals surface area contributed by atoms with E-state index in [-0.39, 0.29) is 17.1 Å². The van der Waals surface area contributed by atoms with E-state index in [1.807, 2.05) is 20.1 Å². The second-order valence-corrected chi connectivity index (χ2v) is 12.4. The molecule has 2 heterocycles. The van der Waals surface area contributed by atoms with Crippen molar-refractivity contribution in [1.82, 2.24) is 25.9 Å². The first-order chi connectivity index (χ1) is 19.4. The van der Waals surface area contributed by atoms with E-state index >= 15 is 0 Å². The Labute approximate surface area is 241 Å². The van der Waals surface area contributed by atoms with Crippen LogP contribution >= 0.6 is 0 Å². The standard InChI is InChI=1S/C30H36BFN8O/c1-29(2,3)17-35-26-18(14-33)15-34-27-23(26)12-21(13-24(27)28(41)39(4)5)36-30(31,19-6-8-20(32)9-7-19)25-16-40(38-37-25)22-10-11-22/h6-9,12-13,15-16,22,36-38H,10-11,17,31H2,1-5H3,(H,34,35). The summed E-state index contributed by atoms with van der Waals surface area (Å²) in [6.07, 6.45) is 5.77. The van der Waals surface area contributed by atoms with Gasteiger partial charge in [-0.2, -0.15) is 5.26 Å². The van der Waals surface area contributed by atoms with Crippen molar-refractivity contribution >= 4 is 36.0 Å². The highest BCUT2D eigenvalue weighted by Gasteiger charge is 2.38. The topological polar surface area (TPSA) is 108 Å². The molecule has 1 aromatic heterocycles. The molecule has 1 amide bonds. The number of nitrogens with one attached hydrogen (secondary N) is 4.